The highest BCUT2D eigenvalue weighted by Crippen LogP contribution is 2.17. The van der Waals surface area contributed by atoms with Gasteiger partial charge in [0.05, 0.1) is 12.3 Å². The first-order valence-corrected chi connectivity index (χ1v) is 5.77. The van der Waals surface area contributed by atoms with E-state index < -0.39 is 0 Å². The molecule has 88 valence electrons. The summed E-state index contributed by atoms with van der Waals surface area (Å²) in [5.41, 5.74) is 0.358. The fourth-order valence-corrected chi connectivity index (χ4v) is 1.70. The summed E-state index contributed by atoms with van der Waals surface area (Å²) in [6.45, 7) is 7.77. The van der Waals surface area contributed by atoms with E-state index in [1.165, 1.54) is 11.2 Å². The maximum atomic E-state index is 11.8. The number of carbonyl (C=O) groups excluding carboxylic acids is 1. The molecule has 0 fully saturated rings. The summed E-state index contributed by atoms with van der Waals surface area (Å²) in [6.07, 6.45) is 5.48. The van der Waals surface area contributed by atoms with Crippen LogP contribution in [-0.4, -0.2) is 28.9 Å². The Balaban J connectivity index is 2.78. The van der Waals surface area contributed by atoms with Gasteiger partial charge in [0.2, 0.25) is 0 Å². The molecule has 4 heteroatoms. The van der Waals surface area contributed by atoms with Gasteiger partial charge < -0.3 is 0 Å². The van der Waals surface area contributed by atoms with E-state index in [9.17, 15) is 4.79 Å². The second kappa shape index (κ2) is 5.58. The molecular formula is C12H19N3O. The van der Waals surface area contributed by atoms with Crippen molar-refractivity contribution in [1.29, 1.82) is 5.41 Å². The molecule has 0 saturated carbocycles. The number of unbranched alkanes of at least 4 members (excludes halogenated alkanes) is 1. The van der Waals surface area contributed by atoms with Crippen LogP contribution in [0.5, 0.6) is 0 Å². The van der Waals surface area contributed by atoms with Crippen molar-refractivity contribution in [2.24, 2.45) is 5.10 Å². The van der Waals surface area contributed by atoms with Crippen LogP contribution in [0.2, 0.25) is 0 Å². The van der Waals surface area contributed by atoms with Gasteiger partial charge in [-0.1, -0.05) is 33.3 Å². The maximum absolute atomic E-state index is 11.8. The molecule has 1 heterocycles. The average molecular weight is 221 g/mol. The number of carbonyl (C=O) groups is 1. The van der Waals surface area contributed by atoms with Gasteiger partial charge in [-0.15, -0.1) is 0 Å². The summed E-state index contributed by atoms with van der Waals surface area (Å²) < 4.78 is 0. The minimum atomic E-state index is -0.324. The predicted octanol–water partition coefficient (Wildman–Crippen LogP) is 2.36. The van der Waals surface area contributed by atoms with Gasteiger partial charge >= 0.3 is 0 Å². The van der Waals surface area contributed by atoms with Crippen LogP contribution in [0.15, 0.2) is 17.3 Å². The summed E-state index contributed by atoms with van der Waals surface area (Å²) in [5, 5.41) is 13.1. The van der Waals surface area contributed by atoms with Crippen molar-refractivity contribution in [3.05, 3.63) is 12.2 Å². The highest BCUT2D eigenvalue weighted by Gasteiger charge is 2.28. The van der Waals surface area contributed by atoms with Crippen LogP contribution in [0, 0.1) is 5.41 Å². The van der Waals surface area contributed by atoms with Crippen LogP contribution in [-0.2, 0) is 4.79 Å². The van der Waals surface area contributed by atoms with Gasteiger partial charge in [-0.3, -0.25) is 10.2 Å². The summed E-state index contributed by atoms with van der Waals surface area (Å²) in [7, 11) is 0. The van der Waals surface area contributed by atoms with Crippen molar-refractivity contribution < 1.29 is 4.79 Å². The Labute approximate surface area is 96.5 Å². The lowest BCUT2D eigenvalue weighted by Gasteiger charge is -2.29. The number of hydrogen-bond acceptors (Lipinski definition) is 3. The number of hydrazone groups is 1. The summed E-state index contributed by atoms with van der Waals surface area (Å²) in [4.78, 5) is 11.8. The first-order valence-electron chi connectivity index (χ1n) is 5.77. The molecule has 0 aromatic rings. The predicted molar refractivity (Wildman–Crippen MR) is 65.8 cm³/mol. The number of hydrogen-bond donors (Lipinski definition) is 1. The smallest absolute Gasteiger partial charge is 0.292 e. The number of rotatable bonds is 5. The number of amides is 1. The molecule has 0 radical (unpaired) electrons. The SMILES string of the molecule is C=C1C=NN(C(CC)CCCC)C(=O)C1=N. The Morgan fingerprint density at radius 2 is 2.25 bits per heavy atom. The standard InChI is InChI=1S/C12H19N3O/c1-4-6-7-10(5-2)15-12(16)11(13)9(3)8-14-15/h8,10,13H,3-7H2,1-2H3. The Morgan fingerprint density at radius 1 is 1.56 bits per heavy atom. The van der Waals surface area contributed by atoms with Crippen molar-refractivity contribution in [2.45, 2.75) is 45.6 Å². The van der Waals surface area contributed by atoms with E-state index in [0.717, 1.165) is 25.7 Å². The van der Waals surface area contributed by atoms with E-state index >= 15 is 0 Å². The van der Waals surface area contributed by atoms with E-state index in [0.29, 0.717) is 5.57 Å². The van der Waals surface area contributed by atoms with E-state index in [1.807, 2.05) is 6.92 Å². The molecule has 1 rings (SSSR count). The molecule has 16 heavy (non-hydrogen) atoms. The second-order valence-corrected chi connectivity index (χ2v) is 4.00. The third kappa shape index (κ3) is 2.56. The zero-order valence-corrected chi connectivity index (χ0v) is 9.99. The molecule has 0 spiro atoms. The largest absolute Gasteiger partial charge is 0.295 e. The van der Waals surface area contributed by atoms with Crippen molar-refractivity contribution in [3.8, 4) is 0 Å². The Hall–Kier alpha value is -1.45. The molecule has 1 aliphatic rings. The monoisotopic (exact) mass is 221 g/mol. The second-order valence-electron chi connectivity index (χ2n) is 4.00. The van der Waals surface area contributed by atoms with Crippen molar-refractivity contribution in [1.82, 2.24) is 5.01 Å². The molecule has 1 amide bonds. The summed E-state index contributed by atoms with van der Waals surface area (Å²) in [5.74, 6) is -0.324. The lowest BCUT2D eigenvalue weighted by Crippen LogP contribution is -2.43. The molecule has 1 unspecified atom stereocenters. The van der Waals surface area contributed by atoms with Crippen LogP contribution in [0.3, 0.4) is 0 Å². The van der Waals surface area contributed by atoms with Crippen LogP contribution in [0.4, 0.5) is 0 Å². The molecule has 4 nitrogen and oxygen atoms in total. The van der Waals surface area contributed by atoms with Crippen molar-refractivity contribution >= 4 is 17.8 Å². The minimum Gasteiger partial charge on any atom is -0.295 e. The fourth-order valence-electron chi connectivity index (χ4n) is 1.70. The Kier molecular flexibility index (Phi) is 4.40. The van der Waals surface area contributed by atoms with Gasteiger partial charge in [-0.05, 0) is 12.8 Å². The van der Waals surface area contributed by atoms with Gasteiger partial charge in [0.25, 0.3) is 5.91 Å². The Morgan fingerprint density at radius 3 is 2.81 bits per heavy atom. The van der Waals surface area contributed by atoms with Crippen LogP contribution >= 0.6 is 0 Å². The molecule has 1 atom stereocenters. The van der Waals surface area contributed by atoms with Gasteiger partial charge in [0.1, 0.15) is 5.71 Å². The lowest BCUT2D eigenvalue weighted by atomic mass is 10.0. The quantitative estimate of drug-likeness (QED) is 0.761. The normalized spacial score (nSPS) is 18.1. The van der Waals surface area contributed by atoms with Crippen molar-refractivity contribution in [2.75, 3.05) is 0 Å². The van der Waals surface area contributed by atoms with Crippen molar-refractivity contribution in [3.63, 3.8) is 0 Å². The van der Waals surface area contributed by atoms with E-state index in [-0.39, 0.29) is 17.7 Å². The third-order valence-electron chi connectivity index (χ3n) is 2.79. The molecule has 0 aliphatic carbocycles. The topological polar surface area (TPSA) is 56.5 Å². The highest BCUT2D eigenvalue weighted by atomic mass is 16.2. The molecule has 0 bridgehead atoms. The maximum Gasteiger partial charge on any atom is 0.292 e. The lowest BCUT2D eigenvalue weighted by molar-refractivity contribution is -0.126. The Bertz CT molecular complexity index is 333. The first kappa shape index (κ1) is 12.6. The molecule has 0 aromatic carbocycles. The summed E-state index contributed by atoms with van der Waals surface area (Å²) >= 11 is 0. The minimum absolute atomic E-state index is 0.0371. The van der Waals surface area contributed by atoms with Crippen LogP contribution < -0.4 is 0 Å². The van der Waals surface area contributed by atoms with Gasteiger partial charge in [-0.25, -0.2) is 5.01 Å². The number of nitrogens with zero attached hydrogens (tertiary/aromatic N) is 2. The molecule has 0 saturated heterocycles. The van der Waals surface area contributed by atoms with Crippen LogP contribution in [0.1, 0.15) is 39.5 Å². The van der Waals surface area contributed by atoms with Crippen LogP contribution in [0.25, 0.3) is 0 Å². The average Bonchev–Trinajstić information content (AvgIpc) is 2.29. The highest BCUT2D eigenvalue weighted by molar-refractivity contribution is 6.49. The molecule has 0 aromatic heterocycles. The van der Waals surface area contributed by atoms with E-state index in [1.54, 1.807) is 0 Å². The first-order chi connectivity index (χ1) is 7.61. The van der Waals surface area contributed by atoms with Gasteiger partial charge in [0.15, 0.2) is 0 Å². The molecule has 1 N–H and O–H groups in total. The fraction of sp³-hybridized carbons (Fsp3) is 0.583. The molecular weight excluding hydrogens is 202 g/mol. The van der Waals surface area contributed by atoms with E-state index in [2.05, 4.69) is 18.6 Å². The third-order valence-corrected chi connectivity index (χ3v) is 2.79. The van der Waals surface area contributed by atoms with E-state index in [4.69, 9.17) is 5.41 Å². The summed E-state index contributed by atoms with van der Waals surface area (Å²) in [6, 6.07) is 0.108. The van der Waals surface area contributed by atoms with Gasteiger partial charge in [0, 0.05) is 5.57 Å². The zero-order valence-electron chi connectivity index (χ0n) is 9.99. The van der Waals surface area contributed by atoms with Gasteiger partial charge in [-0.2, -0.15) is 5.10 Å². The number of nitrogens with one attached hydrogen (secondary N) is 1. The zero-order chi connectivity index (χ0) is 12.1. The molecule has 1 aliphatic heterocycles.